The molecule has 98 valence electrons. The normalized spacial score (nSPS) is 11.1. The van der Waals surface area contributed by atoms with Crippen LogP contribution in [0.2, 0.25) is 5.28 Å². The molecule has 0 amide bonds. The average molecular weight is 295 g/mol. The topological polar surface area (TPSA) is 63.8 Å². The summed E-state index contributed by atoms with van der Waals surface area (Å²) in [6.07, 6.45) is 0. The molecule has 7 heteroatoms. The van der Waals surface area contributed by atoms with E-state index in [2.05, 4.69) is 20.4 Å². The molecule has 0 aromatic carbocycles. The average Bonchev–Trinajstić information content (AvgIpc) is 2.91. The van der Waals surface area contributed by atoms with Gasteiger partial charge in [0.2, 0.25) is 5.28 Å². The SMILES string of the molecule is Cc1cc(CNc2nc(Cl)nc3sc(C)cc23)on1. The third kappa shape index (κ3) is 2.54. The van der Waals surface area contributed by atoms with Crippen LogP contribution in [0.3, 0.4) is 0 Å². The van der Waals surface area contributed by atoms with Crippen molar-refractivity contribution in [2.24, 2.45) is 0 Å². The Hall–Kier alpha value is -1.66. The number of hydrogen-bond acceptors (Lipinski definition) is 6. The van der Waals surface area contributed by atoms with Gasteiger partial charge < -0.3 is 9.84 Å². The van der Waals surface area contributed by atoms with E-state index >= 15 is 0 Å². The number of thiophene rings is 1. The zero-order valence-electron chi connectivity index (χ0n) is 10.4. The summed E-state index contributed by atoms with van der Waals surface area (Å²) in [5.74, 6) is 1.47. The molecule has 0 aliphatic heterocycles. The van der Waals surface area contributed by atoms with Crippen LogP contribution in [-0.2, 0) is 6.54 Å². The van der Waals surface area contributed by atoms with Crippen molar-refractivity contribution in [3.63, 3.8) is 0 Å². The second-order valence-corrected chi connectivity index (χ2v) is 5.78. The second kappa shape index (κ2) is 4.79. The van der Waals surface area contributed by atoms with Crippen molar-refractivity contribution in [3.05, 3.63) is 33.7 Å². The van der Waals surface area contributed by atoms with E-state index < -0.39 is 0 Å². The lowest BCUT2D eigenvalue weighted by Gasteiger charge is -2.04. The van der Waals surface area contributed by atoms with Crippen LogP contribution in [0, 0.1) is 13.8 Å². The number of rotatable bonds is 3. The molecule has 3 rings (SSSR count). The van der Waals surface area contributed by atoms with E-state index in [-0.39, 0.29) is 5.28 Å². The standard InChI is InChI=1S/C12H11ClN4OS/c1-6-3-8(18-17-6)5-14-10-9-4-7(2)19-11(9)16-12(13)15-10/h3-4H,5H2,1-2H3,(H,14,15,16). The molecule has 0 unspecified atom stereocenters. The maximum Gasteiger partial charge on any atom is 0.225 e. The second-order valence-electron chi connectivity index (χ2n) is 4.21. The number of halogens is 1. The Bertz CT molecular complexity index is 736. The quantitative estimate of drug-likeness (QED) is 0.748. The third-order valence-corrected chi connectivity index (χ3v) is 3.71. The summed E-state index contributed by atoms with van der Waals surface area (Å²) >= 11 is 7.52. The van der Waals surface area contributed by atoms with Gasteiger partial charge >= 0.3 is 0 Å². The van der Waals surface area contributed by atoms with Gasteiger partial charge in [-0.2, -0.15) is 0 Å². The molecule has 5 nitrogen and oxygen atoms in total. The lowest BCUT2D eigenvalue weighted by molar-refractivity contribution is 0.384. The molecule has 0 spiro atoms. The van der Waals surface area contributed by atoms with Gasteiger partial charge in [-0.1, -0.05) is 5.16 Å². The fourth-order valence-corrected chi connectivity index (χ4v) is 2.92. The number of nitrogens with zero attached hydrogens (tertiary/aromatic N) is 3. The van der Waals surface area contributed by atoms with E-state index in [1.807, 2.05) is 26.0 Å². The monoisotopic (exact) mass is 294 g/mol. The first kappa shape index (κ1) is 12.4. The number of hydrogen-bond donors (Lipinski definition) is 1. The molecular weight excluding hydrogens is 284 g/mol. The minimum atomic E-state index is 0.241. The van der Waals surface area contributed by atoms with Gasteiger partial charge in [0.15, 0.2) is 5.76 Å². The Morgan fingerprint density at radius 1 is 1.32 bits per heavy atom. The molecule has 19 heavy (non-hydrogen) atoms. The maximum absolute atomic E-state index is 5.93. The van der Waals surface area contributed by atoms with Gasteiger partial charge in [0.25, 0.3) is 0 Å². The summed E-state index contributed by atoms with van der Waals surface area (Å²) in [7, 11) is 0. The minimum Gasteiger partial charge on any atom is -0.362 e. The zero-order valence-corrected chi connectivity index (χ0v) is 12.0. The van der Waals surface area contributed by atoms with E-state index in [1.165, 1.54) is 4.88 Å². The number of fused-ring (bicyclic) bond motifs is 1. The van der Waals surface area contributed by atoms with Crippen molar-refractivity contribution in [2.45, 2.75) is 20.4 Å². The number of nitrogens with one attached hydrogen (secondary N) is 1. The molecule has 3 aromatic rings. The van der Waals surface area contributed by atoms with Crippen molar-refractivity contribution in [1.82, 2.24) is 15.1 Å². The van der Waals surface area contributed by atoms with Crippen LogP contribution in [0.5, 0.6) is 0 Å². The first-order chi connectivity index (χ1) is 9.11. The molecule has 0 bridgehead atoms. The predicted molar refractivity (Wildman–Crippen MR) is 75.7 cm³/mol. The summed E-state index contributed by atoms with van der Waals surface area (Å²) in [4.78, 5) is 10.5. The van der Waals surface area contributed by atoms with Gasteiger partial charge in [-0.3, -0.25) is 0 Å². The van der Waals surface area contributed by atoms with Crippen LogP contribution < -0.4 is 5.32 Å². The van der Waals surface area contributed by atoms with Crippen LogP contribution in [0.25, 0.3) is 10.2 Å². The molecule has 0 saturated heterocycles. The highest BCUT2D eigenvalue weighted by molar-refractivity contribution is 7.18. The van der Waals surface area contributed by atoms with Gasteiger partial charge in [0.05, 0.1) is 17.6 Å². The van der Waals surface area contributed by atoms with Crippen LogP contribution in [0.1, 0.15) is 16.3 Å². The summed E-state index contributed by atoms with van der Waals surface area (Å²) < 4.78 is 5.15. The highest BCUT2D eigenvalue weighted by Gasteiger charge is 2.10. The molecule has 0 radical (unpaired) electrons. The lowest BCUT2D eigenvalue weighted by atomic mass is 10.3. The molecule has 1 N–H and O–H groups in total. The van der Waals surface area contributed by atoms with E-state index in [9.17, 15) is 0 Å². The van der Waals surface area contributed by atoms with Crippen LogP contribution in [-0.4, -0.2) is 15.1 Å². The van der Waals surface area contributed by atoms with E-state index in [0.717, 1.165) is 21.7 Å². The first-order valence-corrected chi connectivity index (χ1v) is 6.91. The Labute approximate surface area is 118 Å². The Morgan fingerprint density at radius 3 is 2.89 bits per heavy atom. The minimum absolute atomic E-state index is 0.241. The first-order valence-electron chi connectivity index (χ1n) is 5.71. The molecule has 0 saturated carbocycles. The molecule has 0 atom stereocenters. The number of aromatic nitrogens is 3. The van der Waals surface area contributed by atoms with Gasteiger partial charge in [0, 0.05) is 10.9 Å². The number of aryl methyl sites for hydroxylation is 2. The largest absolute Gasteiger partial charge is 0.362 e. The van der Waals surface area contributed by atoms with Crippen molar-refractivity contribution in [1.29, 1.82) is 0 Å². The number of anilines is 1. The van der Waals surface area contributed by atoms with E-state index in [1.54, 1.807) is 11.3 Å². The Kier molecular flexibility index (Phi) is 3.12. The molecular formula is C12H11ClN4OS. The molecule has 3 aromatic heterocycles. The van der Waals surface area contributed by atoms with Gasteiger partial charge in [-0.15, -0.1) is 11.3 Å². The van der Waals surface area contributed by atoms with E-state index in [0.29, 0.717) is 12.4 Å². The third-order valence-electron chi connectivity index (χ3n) is 2.60. The smallest absolute Gasteiger partial charge is 0.225 e. The highest BCUT2D eigenvalue weighted by Crippen LogP contribution is 2.29. The zero-order chi connectivity index (χ0) is 13.4. The van der Waals surface area contributed by atoms with Crippen molar-refractivity contribution in [3.8, 4) is 0 Å². The van der Waals surface area contributed by atoms with Gasteiger partial charge in [-0.05, 0) is 31.5 Å². The lowest BCUT2D eigenvalue weighted by Crippen LogP contribution is -2.01. The van der Waals surface area contributed by atoms with E-state index in [4.69, 9.17) is 16.1 Å². The van der Waals surface area contributed by atoms with Crippen LogP contribution >= 0.6 is 22.9 Å². The molecule has 0 aliphatic rings. The summed E-state index contributed by atoms with van der Waals surface area (Å²) in [5.41, 5.74) is 0.856. The molecule has 0 fully saturated rings. The van der Waals surface area contributed by atoms with Crippen LogP contribution in [0.4, 0.5) is 5.82 Å². The van der Waals surface area contributed by atoms with Gasteiger partial charge in [-0.25, -0.2) is 9.97 Å². The predicted octanol–water partition coefficient (Wildman–Crippen LogP) is 3.56. The fourth-order valence-electron chi connectivity index (χ4n) is 1.82. The van der Waals surface area contributed by atoms with Crippen molar-refractivity contribution < 1.29 is 4.52 Å². The fraction of sp³-hybridized carbons (Fsp3) is 0.250. The Balaban J connectivity index is 1.91. The van der Waals surface area contributed by atoms with Crippen molar-refractivity contribution in [2.75, 3.05) is 5.32 Å². The summed E-state index contributed by atoms with van der Waals surface area (Å²) in [6.45, 7) is 4.43. The summed E-state index contributed by atoms with van der Waals surface area (Å²) in [6, 6.07) is 3.93. The molecule has 0 aliphatic carbocycles. The van der Waals surface area contributed by atoms with Gasteiger partial charge in [0.1, 0.15) is 10.6 Å². The highest BCUT2D eigenvalue weighted by atomic mass is 35.5. The maximum atomic E-state index is 5.93. The van der Waals surface area contributed by atoms with Crippen LogP contribution in [0.15, 0.2) is 16.7 Å². The molecule has 3 heterocycles. The summed E-state index contributed by atoms with van der Waals surface area (Å²) in [5, 5.41) is 8.27. The Morgan fingerprint density at radius 2 is 2.16 bits per heavy atom. The van der Waals surface area contributed by atoms with Crippen molar-refractivity contribution >= 4 is 39.0 Å².